The van der Waals surface area contributed by atoms with Gasteiger partial charge in [0, 0.05) is 10.3 Å². The Bertz CT molecular complexity index is 907. The van der Waals surface area contributed by atoms with Crippen molar-refractivity contribution in [2.24, 2.45) is 0 Å². The molecular weight excluding hydrogens is 338 g/mol. The zero-order valence-electron chi connectivity index (χ0n) is 13.8. The van der Waals surface area contributed by atoms with Crippen LogP contribution < -0.4 is 10.1 Å². The monoisotopic (exact) mass is 357 g/mol. The second kappa shape index (κ2) is 7.94. The molecule has 1 unspecified atom stereocenters. The fourth-order valence-electron chi connectivity index (χ4n) is 2.38. The van der Waals surface area contributed by atoms with Crippen LogP contribution in [0.15, 0.2) is 53.6 Å². The number of aromatic nitrogens is 2. The van der Waals surface area contributed by atoms with Gasteiger partial charge >= 0.3 is 0 Å². The SMILES string of the molecule is Cc1cccc(OCCNC(=O)CS(=O)c2ccc3[nH]ncc3c2)c1. The molecule has 0 radical (unpaired) electrons. The van der Waals surface area contributed by atoms with Crippen molar-refractivity contribution in [3.63, 3.8) is 0 Å². The summed E-state index contributed by atoms with van der Waals surface area (Å²) in [4.78, 5) is 12.5. The maximum atomic E-state index is 12.3. The van der Waals surface area contributed by atoms with Crippen LogP contribution in [0.4, 0.5) is 0 Å². The number of ether oxygens (including phenoxy) is 1. The quantitative estimate of drug-likeness (QED) is 0.635. The van der Waals surface area contributed by atoms with E-state index in [4.69, 9.17) is 4.74 Å². The van der Waals surface area contributed by atoms with Crippen molar-refractivity contribution < 1.29 is 13.7 Å². The van der Waals surface area contributed by atoms with Crippen LogP contribution in [0, 0.1) is 6.92 Å². The molecular formula is C18H19N3O3S. The summed E-state index contributed by atoms with van der Waals surface area (Å²) in [5, 5.41) is 10.4. The van der Waals surface area contributed by atoms with Crippen LogP contribution in [0.25, 0.3) is 10.9 Å². The van der Waals surface area contributed by atoms with Crippen LogP contribution >= 0.6 is 0 Å². The van der Waals surface area contributed by atoms with Gasteiger partial charge in [-0.1, -0.05) is 12.1 Å². The number of hydrogen-bond donors (Lipinski definition) is 2. The molecule has 7 heteroatoms. The summed E-state index contributed by atoms with van der Waals surface area (Å²) in [7, 11) is -1.39. The van der Waals surface area contributed by atoms with E-state index in [1.807, 2.05) is 37.3 Å². The number of benzene rings is 2. The van der Waals surface area contributed by atoms with Crippen molar-refractivity contribution in [3.05, 3.63) is 54.2 Å². The van der Waals surface area contributed by atoms with Gasteiger partial charge in [0.05, 0.1) is 29.1 Å². The van der Waals surface area contributed by atoms with E-state index in [1.54, 1.807) is 18.3 Å². The number of H-pyrrole nitrogens is 1. The third kappa shape index (κ3) is 4.67. The third-order valence-electron chi connectivity index (χ3n) is 3.62. The van der Waals surface area contributed by atoms with Gasteiger partial charge in [-0.25, -0.2) is 0 Å². The predicted octanol–water partition coefficient (Wildman–Crippen LogP) is 2.17. The summed E-state index contributed by atoms with van der Waals surface area (Å²) < 4.78 is 17.9. The van der Waals surface area contributed by atoms with Crippen LogP contribution in [0.1, 0.15) is 5.56 Å². The largest absolute Gasteiger partial charge is 0.492 e. The summed E-state index contributed by atoms with van der Waals surface area (Å²) in [6, 6.07) is 13.0. The molecule has 6 nitrogen and oxygen atoms in total. The lowest BCUT2D eigenvalue weighted by molar-refractivity contribution is -0.118. The van der Waals surface area contributed by atoms with Crippen LogP contribution in [0.5, 0.6) is 5.75 Å². The fraction of sp³-hybridized carbons (Fsp3) is 0.222. The molecule has 0 aliphatic carbocycles. The highest BCUT2D eigenvalue weighted by atomic mass is 32.2. The normalized spacial score (nSPS) is 12.0. The van der Waals surface area contributed by atoms with Crippen molar-refractivity contribution >= 4 is 27.6 Å². The molecule has 0 aliphatic rings. The van der Waals surface area contributed by atoms with E-state index >= 15 is 0 Å². The van der Waals surface area contributed by atoms with Crippen molar-refractivity contribution in [1.29, 1.82) is 0 Å². The van der Waals surface area contributed by atoms with Gasteiger partial charge < -0.3 is 10.1 Å². The molecule has 1 amide bonds. The number of carbonyl (C=O) groups is 1. The molecule has 2 aromatic carbocycles. The minimum absolute atomic E-state index is 0.0756. The Hall–Kier alpha value is -2.67. The number of nitrogens with zero attached hydrogens (tertiary/aromatic N) is 1. The highest BCUT2D eigenvalue weighted by Crippen LogP contribution is 2.16. The summed E-state index contributed by atoms with van der Waals surface area (Å²) in [5.74, 6) is 0.429. The van der Waals surface area contributed by atoms with E-state index in [1.165, 1.54) is 0 Å². The zero-order chi connectivity index (χ0) is 17.6. The minimum atomic E-state index is -1.39. The van der Waals surface area contributed by atoms with E-state index in [-0.39, 0.29) is 11.7 Å². The Balaban J connectivity index is 1.44. The van der Waals surface area contributed by atoms with Gasteiger partial charge in [0.25, 0.3) is 0 Å². The van der Waals surface area contributed by atoms with Crippen molar-refractivity contribution in [2.75, 3.05) is 18.9 Å². The molecule has 1 heterocycles. The fourth-order valence-corrected chi connectivity index (χ4v) is 3.37. The van der Waals surface area contributed by atoms with Gasteiger partial charge in [0.15, 0.2) is 0 Å². The van der Waals surface area contributed by atoms with Crippen LogP contribution in [0.2, 0.25) is 0 Å². The number of aromatic amines is 1. The Kier molecular flexibility index (Phi) is 5.45. The second-order valence-electron chi connectivity index (χ2n) is 5.62. The van der Waals surface area contributed by atoms with Gasteiger partial charge in [0.2, 0.25) is 5.91 Å². The smallest absolute Gasteiger partial charge is 0.233 e. The Morgan fingerprint density at radius 2 is 2.16 bits per heavy atom. The molecule has 2 N–H and O–H groups in total. The predicted molar refractivity (Wildman–Crippen MR) is 97.1 cm³/mol. The lowest BCUT2D eigenvalue weighted by Crippen LogP contribution is -2.31. The first-order valence-electron chi connectivity index (χ1n) is 7.89. The van der Waals surface area contributed by atoms with Crippen LogP contribution in [0.3, 0.4) is 0 Å². The molecule has 0 fully saturated rings. The molecule has 0 bridgehead atoms. The molecule has 0 spiro atoms. The van der Waals surface area contributed by atoms with Crippen LogP contribution in [-0.2, 0) is 15.6 Å². The molecule has 0 saturated carbocycles. The highest BCUT2D eigenvalue weighted by molar-refractivity contribution is 7.85. The van der Waals surface area contributed by atoms with Crippen molar-refractivity contribution in [2.45, 2.75) is 11.8 Å². The van der Waals surface area contributed by atoms with Gasteiger partial charge in [-0.2, -0.15) is 5.10 Å². The Morgan fingerprint density at radius 3 is 3.00 bits per heavy atom. The second-order valence-corrected chi connectivity index (χ2v) is 7.07. The van der Waals surface area contributed by atoms with Crippen molar-refractivity contribution in [1.82, 2.24) is 15.5 Å². The van der Waals surface area contributed by atoms with E-state index in [9.17, 15) is 9.00 Å². The maximum absolute atomic E-state index is 12.3. The van der Waals surface area contributed by atoms with E-state index in [0.717, 1.165) is 22.2 Å². The number of fused-ring (bicyclic) bond motifs is 1. The molecule has 3 aromatic rings. The lowest BCUT2D eigenvalue weighted by Gasteiger charge is -2.08. The molecule has 1 aromatic heterocycles. The van der Waals surface area contributed by atoms with Crippen molar-refractivity contribution in [3.8, 4) is 5.75 Å². The topological polar surface area (TPSA) is 84.1 Å². The summed E-state index contributed by atoms with van der Waals surface area (Å²) in [6.45, 7) is 2.72. The molecule has 25 heavy (non-hydrogen) atoms. The highest BCUT2D eigenvalue weighted by Gasteiger charge is 2.11. The third-order valence-corrected chi connectivity index (χ3v) is 4.92. The maximum Gasteiger partial charge on any atom is 0.233 e. The van der Waals surface area contributed by atoms with E-state index in [2.05, 4.69) is 15.5 Å². The number of nitrogens with one attached hydrogen (secondary N) is 2. The van der Waals surface area contributed by atoms with Crippen LogP contribution in [-0.4, -0.2) is 39.2 Å². The molecule has 3 rings (SSSR count). The molecule has 130 valence electrons. The van der Waals surface area contributed by atoms with Gasteiger partial charge in [-0.15, -0.1) is 0 Å². The summed E-state index contributed by atoms with van der Waals surface area (Å²) in [6.07, 6.45) is 1.67. The average molecular weight is 357 g/mol. The average Bonchev–Trinajstić information content (AvgIpc) is 3.06. The number of rotatable bonds is 7. The van der Waals surface area contributed by atoms with Gasteiger partial charge in [-0.05, 0) is 42.8 Å². The number of hydrogen-bond acceptors (Lipinski definition) is 4. The first kappa shape index (κ1) is 17.2. The minimum Gasteiger partial charge on any atom is -0.492 e. The molecule has 0 aliphatic heterocycles. The molecule has 1 atom stereocenters. The first-order chi connectivity index (χ1) is 12.1. The van der Waals surface area contributed by atoms with Gasteiger partial charge in [-0.3, -0.25) is 14.1 Å². The first-order valence-corrected chi connectivity index (χ1v) is 9.21. The lowest BCUT2D eigenvalue weighted by atomic mass is 10.2. The zero-order valence-corrected chi connectivity index (χ0v) is 14.6. The Labute approximate surface area is 148 Å². The number of amides is 1. The Morgan fingerprint density at radius 1 is 1.28 bits per heavy atom. The van der Waals surface area contributed by atoms with E-state index < -0.39 is 10.8 Å². The standard InChI is InChI=1S/C18H19N3O3S/c1-13-3-2-4-15(9-13)24-8-7-19-18(22)12-25(23)16-5-6-17-14(10-16)11-20-21-17/h2-6,9-11H,7-8,12H2,1H3,(H,19,22)(H,20,21). The number of carbonyl (C=O) groups excluding carboxylic acids is 1. The van der Waals surface area contributed by atoms with Gasteiger partial charge in [0.1, 0.15) is 18.1 Å². The molecule has 0 saturated heterocycles. The summed E-state index contributed by atoms with van der Waals surface area (Å²) in [5.41, 5.74) is 1.99. The number of aryl methyl sites for hydroxylation is 1. The summed E-state index contributed by atoms with van der Waals surface area (Å²) >= 11 is 0. The van der Waals surface area contributed by atoms with E-state index in [0.29, 0.717) is 18.0 Å².